The molecule has 3 rings (SSSR count). The Morgan fingerprint density at radius 1 is 1.12 bits per heavy atom. The van der Waals surface area contributed by atoms with Crippen molar-refractivity contribution in [2.45, 2.75) is 6.54 Å². The molecule has 2 N–H and O–H groups in total. The maximum Gasteiger partial charge on any atom is 0.329 e. The number of imide groups is 1. The van der Waals surface area contributed by atoms with Crippen LogP contribution in [0.15, 0.2) is 54.2 Å². The molecule has 2 aromatic rings. The molecule has 0 unspecified atom stereocenters. The summed E-state index contributed by atoms with van der Waals surface area (Å²) in [6.45, 7) is 0.187. The summed E-state index contributed by atoms with van der Waals surface area (Å²) in [5.41, 5.74) is 1.35. The number of hydrogen-bond donors (Lipinski definition) is 2. The Balaban J connectivity index is 1.86. The van der Waals surface area contributed by atoms with Crippen LogP contribution in [0.2, 0.25) is 0 Å². The van der Waals surface area contributed by atoms with E-state index in [-0.39, 0.29) is 18.0 Å². The van der Waals surface area contributed by atoms with Crippen molar-refractivity contribution in [2.75, 3.05) is 7.11 Å². The highest BCUT2D eigenvalue weighted by Crippen LogP contribution is 2.31. The molecule has 0 atom stereocenters. The van der Waals surface area contributed by atoms with E-state index in [0.717, 1.165) is 10.5 Å². The Morgan fingerprint density at radius 2 is 1.88 bits per heavy atom. The standard InChI is InChI=1S/C18H16N2O4/c1-24-15-9-5-8-13(16(15)21)10-14-17(22)20(18(23)19-14)11-12-6-3-2-4-7-12/h2-10,21H,11H2,1H3,(H,19,23). The summed E-state index contributed by atoms with van der Waals surface area (Å²) in [6, 6.07) is 13.7. The van der Waals surface area contributed by atoms with Crippen LogP contribution in [0.1, 0.15) is 11.1 Å². The summed E-state index contributed by atoms with van der Waals surface area (Å²) in [5.74, 6) is -0.232. The second kappa shape index (κ2) is 6.45. The van der Waals surface area contributed by atoms with Gasteiger partial charge >= 0.3 is 6.03 Å². The van der Waals surface area contributed by atoms with Gasteiger partial charge in [0.25, 0.3) is 5.91 Å². The summed E-state index contributed by atoms with van der Waals surface area (Å²) in [7, 11) is 1.44. The zero-order valence-electron chi connectivity index (χ0n) is 13.0. The number of carbonyl (C=O) groups excluding carboxylic acids is 2. The summed E-state index contributed by atoms with van der Waals surface area (Å²) < 4.78 is 5.04. The number of ether oxygens (including phenoxy) is 1. The molecule has 2 aromatic carbocycles. The Labute approximate surface area is 139 Å². The Bertz CT molecular complexity index is 815. The molecule has 0 radical (unpaired) electrons. The number of hydrogen-bond acceptors (Lipinski definition) is 4. The summed E-state index contributed by atoms with van der Waals surface area (Å²) >= 11 is 0. The zero-order chi connectivity index (χ0) is 17.1. The van der Waals surface area contributed by atoms with Crippen molar-refractivity contribution >= 4 is 18.0 Å². The first-order valence-corrected chi connectivity index (χ1v) is 7.34. The molecule has 1 heterocycles. The number of rotatable bonds is 4. The molecule has 1 aliphatic heterocycles. The molecule has 0 bridgehead atoms. The minimum absolute atomic E-state index is 0.0870. The molecule has 24 heavy (non-hydrogen) atoms. The fourth-order valence-electron chi connectivity index (χ4n) is 2.46. The topological polar surface area (TPSA) is 78.9 Å². The summed E-state index contributed by atoms with van der Waals surface area (Å²) in [6.07, 6.45) is 1.43. The van der Waals surface area contributed by atoms with Gasteiger partial charge in [-0.1, -0.05) is 42.5 Å². The number of urea groups is 1. The number of carbonyl (C=O) groups is 2. The maximum atomic E-state index is 12.5. The van der Waals surface area contributed by atoms with Crippen LogP contribution in [0.4, 0.5) is 4.79 Å². The second-order valence-corrected chi connectivity index (χ2v) is 5.26. The molecule has 6 heteroatoms. The highest BCUT2D eigenvalue weighted by Gasteiger charge is 2.33. The van der Waals surface area contributed by atoms with Gasteiger partial charge in [-0.2, -0.15) is 0 Å². The van der Waals surface area contributed by atoms with Crippen LogP contribution in [0, 0.1) is 0 Å². The van der Waals surface area contributed by atoms with E-state index in [1.54, 1.807) is 18.2 Å². The van der Waals surface area contributed by atoms with Crippen molar-refractivity contribution in [3.8, 4) is 11.5 Å². The van der Waals surface area contributed by atoms with Gasteiger partial charge in [0.1, 0.15) is 5.70 Å². The Morgan fingerprint density at radius 3 is 2.58 bits per heavy atom. The van der Waals surface area contributed by atoms with Gasteiger partial charge in [-0.25, -0.2) is 4.79 Å². The van der Waals surface area contributed by atoms with Crippen molar-refractivity contribution in [3.63, 3.8) is 0 Å². The van der Waals surface area contributed by atoms with E-state index in [0.29, 0.717) is 11.3 Å². The van der Waals surface area contributed by atoms with Crippen molar-refractivity contribution in [1.29, 1.82) is 0 Å². The predicted molar refractivity (Wildman–Crippen MR) is 88.2 cm³/mol. The maximum absolute atomic E-state index is 12.5. The zero-order valence-corrected chi connectivity index (χ0v) is 13.0. The number of phenolic OH excluding ortho intramolecular Hbond substituents is 1. The second-order valence-electron chi connectivity index (χ2n) is 5.26. The van der Waals surface area contributed by atoms with E-state index in [1.165, 1.54) is 13.2 Å². The molecule has 0 spiro atoms. The largest absolute Gasteiger partial charge is 0.504 e. The van der Waals surface area contributed by atoms with E-state index in [2.05, 4.69) is 5.32 Å². The number of para-hydroxylation sites is 1. The monoisotopic (exact) mass is 324 g/mol. The number of aromatic hydroxyl groups is 1. The number of nitrogens with zero attached hydrogens (tertiary/aromatic N) is 1. The minimum Gasteiger partial charge on any atom is -0.504 e. The van der Waals surface area contributed by atoms with Crippen molar-refractivity contribution < 1.29 is 19.4 Å². The summed E-state index contributed by atoms with van der Waals surface area (Å²) in [4.78, 5) is 25.6. The lowest BCUT2D eigenvalue weighted by atomic mass is 10.1. The van der Waals surface area contributed by atoms with Crippen LogP contribution in [0.25, 0.3) is 6.08 Å². The Hall–Kier alpha value is -3.28. The van der Waals surface area contributed by atoms with Gasteiger partial charge in [0, 0.05) is 5.56 Å². The number of nitrogens with one attached hydrogen (secondary N) is 1. The highest BCUT2D eigenvalue weighted by molar-refractivity contribution is 6.14. The first-order chi connectivity index (χ1) is 11.6. The molecule has 0 saturated carbocycles. The van der Waals surface area contributed by atoms with E-state index in [4.69, 9.17) is 4.74 Å². The van der Waals surface area contributed by atoms with Crippen LogP contribution in [0.5, 0.6) is 11.5 Å². The smallest absolute Gasteiger partial charge is 0.329 e. The number of benzene rings is 2. The molecule has 6 nitrogen and oxygen atoms in total. The van der Waals surface area contributed by atoms with Gasteiger partial charge in [0.05, 0.1) is 13.7 Å². The molecular weight excluding hydrogens is 308 g/mol. The van der Waals surface area contributed by atoms with Crippen LogP contribution in [-0.4, -0.2) is 29.1 Å². The lowest BCUT2D eigenvalue weighted by Crippen LogP contribution is -2.30. The van der Waals surface area contributed by atoms with Gasteiger partial charge in [-0.3, -0.25) is 9.69 Å². The lowest BCUT2D eigenvalue weighted by Gasteiger charge is -2.11. The van der Waals surface area contributed by atoms with Gasteiger partial charge in [0.15, 0.2) is 11.5 Å². The van der Waals surface area contributed by atoms with Crippen LogP contribution >= 0.6 is 0 Å². The molecule has 122 valence electrons. The van der Waals surface area contributed by atoms with Crippen LogP contribution in [-0.2, 0) is 11.3 Å². The average Bonchev–Trinajstić information content (AvgIpc) is 2.85. The third-order valence-corrected chi connectivity index (χ3v) is 3.70. The van der Waals surface area contributed by atoms with Crippen LogP contribution < -0.4 is 10.1 Å². The molecule has 1 saturated heterocycles. The third kappa shape index (κ3) is 2.94. The van der Waals surface area contributed by atoms with Crippen molar-refractivity contribution in [3.05, 3.63) is 65.4 Å². The van der Waals surface area contributed by atoms with E-state index in [9.17, 15) is 14.7 Å². The van der Waals surface area contributed by atoms with Gasteiger partial charge < -0.3 is 15.2 Å². The van der Waals surface area contributed by atoms with E-state index >= 15 is 0 Å². The number of methoxy groups -OCH3 is 1. The summed E-state index contributed by atoms with van der Waals surface area (Å²) in [5, 5.41) is 12.6. The van der Waals surface area contributed by atoms with Crippen molar-refractivity contribution in [2.24, 2.45) is 0 Å². The van der Waals surface area contributed by atoms with Gasteiger partial charge in [-0.15, -0.1) is 0 Å². The van der Waals surface area contributed by atoms with Crippen molar-refractivity contribution in [1.82, 2.24) is 10.2 Å². The van der Waals surface area contributed by atoms with Gasteiger partial charge in [-0.05, 0) is 17.7 Å². The Kier molecular flexibility index (Phi) is 4.20. The molecule has 1 aliphatic rings. The quantitative estimate of drug-likeness (QED) is 0.669. The molecular formula is C18H16N2O4. The number of amides is 3. The minimum atomic E-state index is -0.488. The number of phenols is 1. The lowest BCUT2D eigenvalue weighted by molar-refractivity contribution is -0.123. The fraction of sp³-hybridized carbons (Fsp3) is 0.111. The average molecular weight is 324 g/mol. The molecule has 1 fully saturated rings. The molecule has 0 aromatic heterocycles. The first-order valence-electron chi connectivity index (χ1n) is 7.34. The molecule has 3 amide bonds. The van der Waals surface area contributed by atoms with Crippen LogP contribution in [0.3, 0.4) is 0 Å². The van der Waals surface area contributed by atoms with E-state index < -0.39 is 11.9 Å². The highest BCUT2D eigenvalue weighted by atomic mass is 16.5. The predicted octanol–water partition coefficient (Wildman–Crippen LogP) is 2.49. The SMILES string of the molecule is COc1cccc(C=C2NC(=O)N(Cc3ccccc3)C2=O)c1O. The van der Waals surface area contributed by atoms with Gasteiger partial charge in [0.2, 0.25) is 0 Å². The normalized spacial score (nSPS) is 15.7. The first kappa shape index (κ1) is 15.6. The fourth-order valence-corrected chi connectivity index (χ4v) is 2.46. The van der Waals surface area contributed by atoms with E-state index in [1.807, 2.05) is 30.3 Å². The molecule has 0 aliphatic carbocycles. The third-order valence-electron chi connectivity index (χ3n) is 3.70.